The van der Waals surface area contributed by atoms with Crippen LogP contribution in [0.3, 0.4) is 0 Å². The van der Waals surface area contributed by atoms with Gasteiger partial charge in [-0.2, -0.15) is 0 Å². The van der Waals surface area contributed by atoms with E-state index < -0.39 is 10.8 Å². The van der Waals surface area contributed by atoms with E-state index in [2.05, 4.69) is 5.32 Å². The van der Waals surface area contributed by atoms with Crippen molar-refractivity contribution in [1.82, 2.24) is 0 Å². The number of nitro groups is 1. The molecule has 0 unspecified atom stereocenters. The number of hydrogen-bond acceptors (Lipinski definition) is 5. The number of nitrogens with zero attached hydrogens (tertiary/aromatic N) is 2. The van der Waals surface area contributed by atoms with Crippen LogP contribution in [-0.4, -0.2) is 37.1 Å². The molecule has 0 radical (unpaired) electrons. The number of carbonyl (C=O) groups is 1. The molecule has 8 heteroatoms. The lowest BCUT2D eigenvalue weighted by molar-refractivity contribution is -0.384. The van der Waals surface area contributed by atoms with Gasteiger partial charge >= 0.3 is 0 Å². The molecule has 0 aromatic heterocycles. The van der Waals surface area contributed by atoms with Crippen LogP contribution in [0.25, 0.3) is 0 Å². The first-order valence-electron chi connectivity index (χ1n) is 8.15. The zero-order valence-corrected chi connectivity index (χ0v) is 15.0. The number of non-ortho nitro benzene ring substituents is 1. The molecule has 2 aromatic rings. The Morgan fingerprint density at radius 1 is 1.27 bits per heavy atom. The number of rotatable bonds is 4. The fraction of sp³-hybridized carbons (Fsp3) is 0.278. The van der Waals surface area contributed by atoms with E-state index in [0.717, 1.165) is 5.56 Å². The number of anilines is 2. The first-order valence-corrected chi connectivity index (χ1v) is 8.53. The summed E-state index contributed by atoms with van der Waals surface area (Å²) in [6.07, 6.45) is 0. The summed E-state index contributed by atoms with van der Waals surface area (Å²) in [5.41, 5.74) is 2.08. The van der Waals surface area contributed by atoms with Gasteiger partial charge in [-0.3, -0.25) is 14.9 Å². The van der Waals surface area contributed by atoms with E-state index in [1.54, 1.807) is 31.2 Å². The Hall–Kier alpha value is -2.64. The highest BCUT2D eigenvalue weighted by Gasteiger charge is 2.22. The van der Waals surface area contributed by atoms with E-state index in [0.29, 0.717) is 42.7 Å². The van der Waals surface area contributed by atoms with Crippen LogP contribution in [0.2, 0.25) is 5.02 Å². The fourth-order valence-electron chi connectivity index (χ4n) is 2.83. The van der Waals surface area contributed by atoms with Crippen molar-refractivity contribution in [3.8, 4) is 0 Å². The molecule has 7 nitrogen and oxygen atoms in total. The van der Waals surface area contributed by atoms with Crippen LogP contribution < -0.4 is 10.2 Å². The van der Waals surface area contributed by atoms with Gasteiger partial charge in [-0.15, -0.1) is 0 Å². The number of morpholine rings is 1. The third-order valence-electron chi connectivity index (χ3n) is 4.30. The molecule has 3 rings (SSSR count). The zero-order valence-electron chi connectivity index (χ0n) is 14.2. The number of nitro benzene ring substituents is 1. The molecule has 1 fully saturated rings. The van der Waals surface area contributed by atoms with E-state index in [1.165, 1.54) is 12.1 Å². The quantitative estimate of drug-likeness (QED) is 0.651. The first kappa shape index (κ1) is 18.2. The highest BCUT2D eigenvalue weighted by Crippen LogP contribution is 2.29. The lowest BCUT2D eigenvalue weighted by Gasteiger charge is -2.30. The molecule has 1 saturated heterocycles. The molecule has 0 aliphatic carbocycles. The maximum absolute atomic E-state index is 12.9. The summed E-state index contributed by atoms with van der Waals surface area (Å²) in [6.45, 7) is 4.13. The third-order valence-corrected chi connectivity index (χ3v) is 4.71. The highest BCUT2D eigenvalue weighted by atomic mass is 35.5. The third kappa shape index (κ3) is 3.79. The lowest BCUT2D eigenvalue weighted by Crippen LogP contribution is -2.37. The minimum absolute atomic E-state index is 0.130. The highest BCUT2D eigenvalue weighted by molar-refractivity contribution is 6.31. The summed E-state index contributed by atoms with van der Waals surface area (Å²) in [6, 6.07) is 9.54. The van der Waals surface area contributed by atoms with Crippen molar-refractivity contribution >= 4 is 34.6 Å². The Morgan fingerprint density at radius 2 is 2.00 bits per heavy atom. The van der Waals surface area contributed by atoms with Crippen LogP contribution in [0, 0.1) is 17.0 Å². The van der Waals surface area contributed by atoms with Crippen LogP contribution >= 0.6 is 11.6 Å². The number of ether oxygens (including phenoxy) is 1. The number of halogens is 1. The van der Waals surface area contributed by atoms with Crippen molar-refractivity contribution in [2.45, 2.75) is 6.92 Å². The number of amides is 1. The van der Waals surface area contributed by atoms with Crippen molar-refractivity contribution in [3.63, 3.8) is 0 Å². The summed E-state index contributed by atoms with van der Waals surface area (Å²) >= 11 is 6.10. The molecule has 0 bridgehead atoms. The van der Waals surface area contributed by atoms with E-state index in [-0.39, 0.29) is 11.3 Å². The number of carbonyl (C=O) groups excluding carboxylic acids is 1. The molecule has 0 saturated carbocycles. The molecule has 1 aliphatic rings. The van der Waals surface area contributed by atoms with Crippen molar-refractivity contribution < 1.29 is 14.5 Å². The first-order chi connectivity index (χ1) is 12.5. The summed E-state index contributed by atoms with van der Waals surface area (Å²) in [5, 5.41) is 14.5. The monoisotopic (exact) mass is 375 g/mol. The predicted octanol–water partition coefficient (Wildman–Crippen LogP) is 3.65. The Bertz CT molecular complexity index is 850. The molecule has 1 heterocycles. The Balaban J connectivity index is 1.97. The van der Waals surface area contributed by atoms with Crippen LogP contribution in [0.15, 0.2) is 36.4 Å². The van der Waals surface area contributed by atoms with Crippen molar-refractivity contribution in [2.24, 2.45) is 0 Å². The molecular weight excluding hydrogens is 358 g/mol. The standard InChI is InChI=1S/C18H18ClN3O4/c1-12-15(19)3-2-4-16(12)20-18(23)14-11-13(22(24)25)5-6-17(14)21-7-9-26-10-8-21/h2-6,11H,7-10H2,1H3,(H,20,23). The van der Waals surface area contributed by atoms with Gasteiger partial charge in [0.05, 0.1) is 29.4 Å². The maximum atomic E-state index is 12.9. The summed E-state index contributed by atoms with van der Waals surface area (Å²) in [4.78, 5) is 25.5. The van der Waals surface area contributed by atoms with Crippen LogP contribution in [-0.2, 0) is 4.74 Å². The smallest absolute Gasteiger partial charge is 0.270 e. The summed E-state index contributed by atoms with van der Waals surface area (Å²) in [7, 11) is 0. The summed E-state index contributed by atoms with van der Waals surface area (Å²) in [5.74, 6) is -0.416. The maximum Gasteiger partial charge on any atom is 0.270 e. The molecule has 1 aliphatic heterocycles. The molecule has 26 heavy (non-hydrogen) atoms. The average Bonchev–Trinajstić information content (AvgIpc) is 2.65. The number of nitrogens with one attached hydrogen (secondary N) is 1. The predicted molar refractivity (Wildman–Crippen MR) is 100 cm³/mol. The minimum Gasteiger partial charge on any atom is -0.378 e. The van der Waals surface area contributed by atoms with E-state index >= 15 is 0 Å². The summed E-state index contributed by atoms with van der Waals surface area (Å²) < 4.78 is 5.34. The van der Waals surface area contributed by atoms with Crippen molar-refractivity contribution in [1.29, 1.82) is 0 Å². The van der Waals surface area contributed by atoms with Crippen molar-refractivity contribution in [3.05, 3.63) is 62.7 Å². The topological polar surface area (TPSA) is 84.7 Å². The number of hydrogen-bond donors (Lipinski definition) is 1. The van der Waals surface area contributed by atoms with Crippen LogP contribution in [0.5, 0.6) is 0 Å². The molecule has 136 valence electrons. The van der Waals surface area contributed by atoms with Gasteiger partial charge in [0.25, 0.3) is 11.6 Å². The lowest BCUT2D eigenvalue weighted by atomic mass is 10.1. The van der Waals surface area contributed by atoms with E-state index in [1.807, 2.05) is 4.90 Å². The Kier molecular flexibility index (Phi) is 5.39. The Labute approximate surface area is 155 Å². The minimum atomic E-state index is -0.509. The molecule has 0 spiro atoms. The van der Waals surface area contributed by atoms with Gasteiger partial charge < -0.3 is 15.0 Å². The Morgan fingerprint density at radius 3 is 2.69 bits per heavy atom. The second kappa shape index (κ2) is 7.72. The largest absolute Gasteiger partial charge is 0.378 e. The van der Waals surface area contributed by atoms with E-state index in [4.69, 9.17) is 16.3 Å². The SMILES string of the molecule is Cc1c(Cl)cccc1NC(=O)c1cc([N+](=O)[O-])ccc1N1CCOCC1. The van der Waals surface area contributed by atoms with Gasteiger partial charge in [0.15, 0.2) is 0 Å². The van der Waals surface area contributed by atoms with Crippen LogP contribution in [0.1, 0.15) is 15.9 Å². The van der Waals surface area contributed by atoms with Gasteiger partial charge in [0, 0.05) is 35.9 Å². The molecule has 1 amide bonds. The normalized spacial score (nSPS) is 14.2. The zero-order chi connectivity index (χ0) is 18.7. The average molecular weight is 376 g/mol. The van der Waals surface area contributed by atoms with Gasteiger partial charge in [-0.1, -0.05) is 17.7 Å². The van der Waals surface area contributed by atoms with Gasteiger partial charge in [-0.25, -0.2) is 0 Å². The van der Waals surface area contributed by atoms with Crippen LogP contribution in [0.4, 0.5) is 17.1 Å². The second-order valence-electron chi connectivity index (χ2n) is 5.92. The van der Waals surface area contributed by atoms with Gasteiger partial charge in [0.2, 0.25) is 0 Å². The molecule has 2 aromatic carbocycles. The second-order valence-corrected chi connectivity index (χ2v) is 6.33. The van der Waals surface area contributed by atoms with Crippen molar-refractivity contribution in [2.75, 3.05) is 36.5 Å². The molecule has 1 N–H and O–H groups in total. The van der Waals surface area contributed by atoms with Gasteiger partial charge in [0.1, 0.15) is 0 Å². The van der Waals surface area contributed by atoms with E-state index in [9.17, 15) is 14.9 Å². The number of benzene rings is 2. The molecule has 0 atom stereocenters. The molecular formula is C18H18ClN3O4. The fourth-order valence-corrected chi connectivity index (χ4v) is 3.01. The van der Waals surface area contributed by atoms with Gasteiger partial charge in [-0.05, 0) is 30.7 Å².